The van der Waals surface area contributed by atoms with Gasteiger partial charge in [0.05, 0.1) is 11.6 Å². The molecule has 0 saturated carbocycles. The summed E-state index contributed by atoms with van der Waals surface area (Å²) in [4.78, 5) is 0. The first-order chi connectivity index (χ1) is 9.08. The van der Waals surface area contributed by atoms with Crippen molar-refractivity contribution >= 4 is 37.5 Å². The van der Waals surface area contributed by atoms with Crippen LogP contribution in [0.3, 0.4) is 0 Å². The van der Waals surface area contributed by atoms with Gasteiger partial charge in [-0.3, -0.25) is 0 Å². The molecule has 0 aliphatic heterocycles. The van der Waals surface area contributed by atoms with Crippen molar-refractivity contribution in [1.82, 2.24) is 0 Å². The minimum Gasteiger partial charge on any atom is -0.496 e. The normalized spacial score (nSPS) is 10.3. The van der Waals surface area contributed by atoms with Gasteiger partial charge in [-0.2, -0.15) is 0 Å². The number of methoxy groups -OCH3 is 1. The zero-order valence-corrected chi connectivity index (χ0v) is 14.0. The van der Waals surface area contributed by atoms with E-state index >= 15 is 0 Å². The standard InChI is InChI=1S/C15H15Br2NO/c1-10-5-12(16)8-13(6-10)18-9-11-3-4-15(19-2)14(17)7-11/h3-8,18H,9H2,1-2H3. The quantitative estimate of drug-likeness (QED) is 0.787. The van der Waals surface area contributed by atoms with Crippen molar-refractivity contribution < 1.29 is 4.74 Å². The molecule has 2 aromatic rings. The molecular formula is C15H15Br2NO. The lowest BCUT2D eigenvalue weighted by Gasteiger charge is -2.10. The third-order valence-electron chi connectivity index (χ3n) is 2.75. The molecule has 4 heteroatoms. The SMILES string of the molecule is COc1ccc(CNc2cc(C)cc(Br)c2)cc1Br. The molecule has 0 radical (unpaired) electrons. The van der Waals surface area contributed by atoms with Gasteiger partial charge in [-0.05, 0) is 64.3 Å². The molecule has 0 aliphatic rings. The lowest BCUT2D eigenvalue weighted by molar-refractivity contribution is 0.412. The van der Waals surface area contributed by atoms with E-state index in [1.807, 2.05) is 6.07 Å². The molecule has 1 N–H and O–H groups in total. The highest BCUT2D eigenvalue weighted by atomic mass is 79.9. The lowest BCUT2D eigenvalue weighted by Crippen LogP contribution is -2.00. The monoisotopic (exact) mass is 383 g/mol. The van der Waals surface area contributed by atoms with Crippen LogP contribution < -0.4 is 10.1 Å². The molecule has 0 aliphatic carbocycles. The number of hydrogen-bond acceptors (Lipinski definition) is 2. The molecule has 100 valence electrons. The largest absolute Gasteiger partial charge is 0.496 e. The van der Waals surface area contributed by atoms with Gasteiger partial charge in [-0.25, -0.2) is 0 Å². The van der Waals surface area contributed by atoms with E-state index in [0.717, 1.165) is 26.9 Å². The Morgan fingerprint density at radius 2 is 1.89 bits per heavy atom. The average Bonchev–Trinajstić information content (AvgIpc) is 2.35. The average molecular weight is 385 g/mol. The van der Waals surface area contributed by atoms with Crippen LogP contribution in [0.2, 0.25) is 0 Å². The summed E-state index contributed by atoms with van der Waals surface area (Å²) < 4.78 is 7.28. The number of aryl methyl sites for hydroxylation is 1. The van der Waals surface area contributed by atoms with Crippen LogP contribution in [0.4, 0.5) is 5.69 Å². The molecule has 0 amide bonds. The van der Waals surface area contributed by atoms with E-state index in [2.05, 4.69) is 74.4 Å². The summed E-state index contributed by atoms with van der Waals surface area (Å²) in [5.41, 5.74) is 3.54. The summed E-state index contributed by atoms with van der Waals surface area (Å²) in [5.74, 6) is 0.849. The summed E-state index contributed by atoms with van der Waals surface area (Å²) >= 11 is 7.00. The molecule has 0 spiro atoms. The Labute approximate surface area is 130 Å². The van der Waals surface area contributed by atoms with E-state index in [4.69, 9.17) is 4.74 Å². The van der Waals surface area contributed by atoms with Gasteiger partial charge in [0.1, 0.15) is 5.75 Å². The van der Waals surface area contributed by atoms with Crippen LogP contribution >= 0.6 is 31.9 Å². The van der Waals surface area contributed by atoms with E-state index in [-0.39, 0.29) is 0 Å². The zero-order valence-electron chi connectivity index (χ0n) is 10.8. The van der Waals surface area contributed by atoms with Crippen LogP contribution in [0, 0.1) is 6.92 Å². The maximum absolute atomic E-state index is 5.22. The molecule has 0 fully saturated rings. The second-order valence-electron chi connectivity index (χ2n) is 4.34. The summed E-state index contributed by atoms with van der Waals surface area (Å²) in [6, 6.07) is 12.4. The predicted molar refractivity (Wildman–Crippen MR) is 86.9 cm³/mol. The van der Waals surface area contributed by atoms with E-state index in [0.29, 0.717) is 0 Å². The summed E-state index contributed by atoms with van der Waals surface area (Å²) in [7, 11) is 1.67. The van der Waals surface area contributed by atoms with Crippen LogP contribution in [0.1, 0.15) is 11.1 Å². The van der Waals surface area contributed by atoms with Crippen molar-refractivity contribution in [2.75, 3.05) is 12.4 Å². The van der Waals surface area contributed by atoms with E-state index < -0.39 is 0 Å². The first-order valence-electron chi connectivity index (χ1n) is 5.92. The van der Waals surface area contributed by atoms with Gasteiger partial charge in [0.15, 0.2) is 0 Å². The smallest absolute Gasteiger partial charge is 0.133 e. The second-order valence-corrected chi connectivity index (χ2v) is 6.11. The van der Waals surface area contributed by atoms with E-state index in [1.54, 1.807) is 7.11 Å². The Hall–Kier alpha value is -1.000. The lowest BCUT2D eigenvalue weighted by atomic mass is 10.2. The number of ether oxygens (including phenoxy) is 1. The van der Waals surface area contributed by atoms with Crippen molar-refractivity contribution in [2.24, 2.45) is 0 Å². The fraction of sp³-hybridized carbons (Fsp3) is 0.200. The van der Waals surface area contributed by atoms with Crippen LogP contribution in [0.15, 0.2) is 45.3 Å². The Morgan fingerprint density at radius 1 is 1.11 bits per heavy atom. The van der Waals surface area contributed by atoms with Gasteiger partial charge < -0.3 is 10.1 Å². The first-order valence-corrected chi connectivity index (χ1v) is 7.50. The van der Waals surface area contributed by atoms with Crippen LogP contribution in [-0.2, 0) is 6.54 Å². The highest BCUT2D eigenvalue weighted by Crippen LogP contribution is 2.26. The Kier molecular flexibility index (Phi) is 4.88. The Bertz CT molecular complexity index is 564. The van der Waals surface area contributed by atoms with Gasteiger partial charge in [-0.15, -0.1) is 0 Å². The zero-order chi connectivity index (χ0) is 13.8. The number of nitrogens with one attached hydrogen (secondary N) is 1. The van der Waals surface area contributed by atoms with Crippen molar-refractivity contribution in [2.45, 2.75) is 13.5 Å². The number of anilines is 1. The molecule has 0 bridgehead atoms. The highest BCUT2D eigenvalue weighted by molar-refractivity contribution is 9.10. The second kappa shape index (κ2) is 6.44. The van der Waals surface area contributed by atoms with Gasteiger partial charge in [0.2, 0.25) is 0 Å². The fourth-order valence-corrected chi connectivity index (χ4v) is 3.06. The van der Waals surface area contributed by atoms with E-state index in [1.165, 1.54) is 11.1 Å². The van der Waals surface area contributed by atoms with Crippen LogP contribution in [0.25, 0.3) is 0 Å². The molecular weight excluding hydrogens is 370 g/mol. The summed E-state index contributed by atoms with van der Waals surface area (Å²) in [6.07, 6.45) is 0. The van der Waals surface area contributed by atoms with Crippen molar-refractivity contribution in [3.63, 3.8) is 0 Å². The molecule has 0 unspecified atom stereocenters. The maximum atomic E-state index is 5.22. The van der Waals surface area contributed by atoms with Crippen molar-refractivity contribution in [1.29, 1.82) is 0 Å². The van der Waals surface area contributed by atoms with Gasteiger partial charge in [0.25, 0.3) is 0 Å². The molecule has 0 aromatic heterocycles. The van der Waals surface area contributed by atoms with Gasteiger partial charge in [0, 0.05) is 16.7 Å². The van der Waals surface area contributed by atoms with E-state index in [9.17, 15) is 0 Å². The molecule has 2 rings (SSSR count). The summed E-state index contributed by atoms with van der Waals surface area (Å²) in [6.45, 7) is 2.86. The number of halogens is 2. The molecule has 2 aromatic carbocycles. The minimum atomic E-state index is 0.776. The maximum Gasteiger partial charge on any atom is 0.133 e. The van der Waals surface area contributed by atoms with Crippen molar-refractivity contribution in [3.05, 3.63) is 56.5 Å². The highest BCUT2D eigenvalue weighted by Gasteiger charge is 2.02. The van der Waals surface area contributed by atoms with Crippen molar-refractivity contribution in [3.8, 4) is 5.75 Å². The molecule has 2 nitrogen and oxygen atoms in total. The third kappa shape index (κ3) is 3.98. The number of hydrogen-bond donors (Lipinski definition) is 1. The van der Waals surface area contributed by atoms with Gasteiger partial charge in [-0.1, -0.05) is 22.0 Å². The van der Waals surface area contributed by atoms with Gasteiger partial charge >= 0.3 is 0 Å². The third-order valence-corrected chi connectivity index (χ3v) is 3.83. The first kappa shape index (κ1) is 14.4. The number of rotatable bonds is 4. The summed E-state index contributed by atoms with van der Waals surface area (Å²) in [5, 5.41) is 3.42. The topological polar surface area (TPSA) is 21.3 Å². The Balaban J connectivity index is 2.08. The molecule has 0 heterocycles. The predicted octanol–water partition coefficient (Wildman–Crippen LogP) is 5.14. The molecule has 0 saturated heterocycles. The van der Waals surface area contributed by atoms with Crippen LogP contribution in [0.5, 0.6) is 5.75 Å². The van der Waals surface area contributed by atoms with Crippen LogP contribution in [-0.4, -0.2) is 7.11 Å². The minimum absolute atomic E-state index is 0.776. The number of benzene rings is 2. The molecule has 19 heavy (non-hydrogen) atoms. The fourth-order valence-electron chi connectivity index (χ4n) is 1.86. The Morgan fingerprint density at radius 3 is 2.53 bits per heavy atom. The molecule has 0 atom stereocenters.